The Kier molecular flexibility index (Phi) is 3.97. The van der Waals surface area contributed by atoms with Gasteiger partial charge in [-0.05, 0) is 5.10 Å². The molecule has 0 aromatic carbocycles. The Labute approximate surface area is 109 Å². The van der Waals surface area contributed by atoms with Gasteiger partial charge in [-0.2, -0.15) is 4.98 Å². The predicted molar refractivity (Wildman–Crippen MR) is 64.3 cm³/mol. The molecule has 0 saturated carbocycles. The largest absolute Gasteiger partial charge is 0.481 e. The summed E-state index contributed by atoms with van der Waals surface area (Å²) >= 11 is 0. The lowest BCUT2D eigenvalue weighted by Crippen LogP contribution is -2.38. The van der Waals surface area contributed by atoms with Gasteiger partial charge in [-0.25, -0.2) is 4.98 Å². The van der Waals surface area contributed by atoms with E-state index in [0.29, 0.717) is 18.2 Å². The maximum absolute atomic E-state index is 10.5. The number of rotatable bonds is 5. The van der Waals surface area contributed by atoms with Gasteiger partial charge in [-0.1, -0.05) is 4.68 Å². The Morgan fingerprint density at radius 3 is 2.95 bits per heavy atom. The van der Waals surface area contributed by atoms with Gasteiger partial charge in [0.15, 0.2) is 18.6 Å². The van der Waals surface area contributed by atoms with E-state index in [4.69, 9.17) is 9.84 Å². The van der Waals surface area contributed by atoms with Crippen LogP contribution < -0.4 is 9.42 Å². The van der Waals surface area contributed by atoms with Crippen LogP contribution in [0.15, 0.2) is 30.7 Å². The van der Waals surface area contributed by atoms with Gasteiger partial charge in [0.1, 0.15) is 12.6 Å². The van der Waals surface area contributed by atoms with E-state index in [9.17, 15) is 4.79 Å². The predicted octanol–water partition coefficient (Wildman–Crippen LogP) is 0.309. The van der Waals surface area contributed by atoms with Gasteiger partial charge in [0.2, 0.25) is 5.88 Å². The standard InChI is InChI=1S/C12H12N4O3/c1-19-10-2-5-13-12(15-10)9-3-6-16(14-8-9)7-4-11(17)18/h2-3,5-6,8H,4,7H2,1H3/p+1. The number of nitrogens with zero attached hydrogens (tertiary/aromatic N) is 4. The highest BCUT2D eigenvalue weighted by Crippen LogP contribution is 2.14. The van der Waals surface area contributed by atoms with E-state index < -0.39 is 5.97 Å². The Morgan fingerprint density at radius 1 is 1.47 bits per heavy atom. The molecule has 0 aliphatic rings. The SMILES string of the molecule is COc1ccnc(-c2cc[n+](CCC(=O)O)nc2)n1. The van der Waals surface area contributed by atoms with E-state index in [1.807, 2.05) is 0 Å². The molecule has 0 radical (unpaired) electrons. The zero-order chi connectivity index (χ0) is 13.7. The normalized spacial score (nSPS) is 10.2. The Balaban J connectivity index is 2.15. The van der Waals surface area contributed by atoms with E-state index in [2.05, 4.69) is 15.1 Å². The minimum absolute atomic E-state index is 0.0344. The molecule has 0 saturated heterocycles. The number of carbonyl (C=O) groups is 1. The fraction of sp³-hybridized carbons (Fsp3) is 0.250. The molecule has 1 N–H and O–H groups in total. The lowest BCUT2D eigenvalue weighted by Gasteiger charge is -2.01. The third-order valence-electron chi connectivity index (χ3n) is 2.42. The van der Waals surface area contributed by atoms with E-state index in [1.165, 1.54) is 7.11 Å². The first-order chi connectivity index (χ1) is 9.19. The highest BCUT2D eigenvalue weighted by Gasteiger charge is 2.09. The first-order valence-corrected chi connectivity index (χ1v) is 5.64. The number of hydrogen-bond acceptors (Lipinski definition) is 5. The van der Waals surface area contributed by atoms with Crippen molar-refractivity contribution in [3.05, 3.63) is 30.7 Å². The Hall–Kier alpha value is -2.57. The molecule has 0 unspecified atom stereocenters. The van der Waals surface area contributed by atoms with Gasteiger partial charge in [-0.15, -0.1) is 0 Å². The second-order valence-electron chi connectivity index (χ2n) is 3.75. The molecule has 98 valence electrons. The van der Waals surface area contributed by atoms with Gasteiger partial charge >= 0.3 is 5.97 Å². The Morgan fingerprint density at radius 2 is 2.32 bits per heavy atom. The highest BCUT2D eigenvalue weighted by molar-refractivity contribution is 5.66. The molecule has 2 aromatic heterocycles. The van der Waals surface area contributed by atoms with Gasteiger partial charge in [0.25, 0.3) is 0 Å². The van der Waals surface area contributed by atoms with Crippen LogP contribution in [-0.2, 0) is 11.3 Å². The third kappa shape index (κ3) is 3.44. The number of ether oxygens (including phenoxy) is 1. The second kappa shape index (κ2) is 5.85. The van der Waals surface area contributed by atoms with Gasteiger partial charge < -0.3 is 9.84 Å². The fourth-order valence-electron chi connectivity index (χ4n) is 1.45. The molecular weight excluding hydrogens is 248 g/mol. The number of hydrogen-bond donors (Lipinski definition) is 1. The zero-order valence-corrected chi connectivity index (χ0v) is 10.4. The van der Waals surface area contributed by atoms with Crippen molar-refractivity contribution >= 4 is 5.97 Å². The number of methoxy groups -OCH3 is 1. The van der Waals surface area contributed by atoms with Crippen molar-refractivity contribution in [1.29, 1.82) is 0 Å². The lowest BCUT2D eigenvalue weighted by atomic mass is 10.3. The van der Waals surface area contributed by atoms with Crippen LogP contribution in [-0.4, -0.2) is 33.3 Å². The van der Waals surface area contributed by atoms with Crippen molar-refractivity contribution < 1.29 is 19.3 Å². The topological polar surface area (TPSA) is 89.1 Å². The molecule has 2 rings (SSSR count). The minimum atomic E-state index is -0.852. The van der Waals surface area contributed by atoms with Crippen molar-refractivity contribution in [1.82, 2.24) is 15.1 Å². The average molecular weight is 261 g/mol. The molecule has 0 fully saturated rings. The van der Waals surface area contributed by atoms with Gasteiger partial charge in [0, 0.05) is 23.9 Å². The summed E-state index contributed by atoms with van der Waals surface area (Å²) in [6.45, 7) is 0.328. The smallest absolute Gasteiger partial charge is 0.309 e. The molecule has 0 bridgehead atoms. The Bertz CT molecular complexity index is 571. The average Bonchev–Trinajstić information content (AvgIpc) is 2.45. The monoisotopic (exact) mass is 261 g/mol. The van der Waals surface area contributed by atoms with Crippen LogP contribution in [0.2, 0.25) is 0 Å². The molecule has 2 aromatic rings. The summed E-state index contributed by atoms with van der Waals surface area (Å²) in [6, 6.07) is 3.44. The summed E-state index contributed by atoms with van der Waals surface area (Å²) in [5, 5.41) is 12.7. The first-order valence-electron chi connectivity index (χ1n) is 5.64. The van der Waals surface area contributed by atoms with Crippen molar-refractivity contribution in [3.8, 4) is 17.3 Å². The maximum Gasteiger partial charge on any atom is 0.309 e. The van der Waals surface area contributed by atoms with E-state index in [-0.39, 0.29) is 6.42 Å². The number of carboxylic acids is 1. The molecule has 0 amide bonds. The lowest BCUT2D eigenvalue weighted by molar-refractivity contribution is -0.752. The molecule has 2 heterocycles. The van der Waals surface area contributed by atoms with Gasteiger partial charge in [-0.3, -0.25) is 4.79 Å². The summed E-state index contributed by atoms with van der Waals surface area (Å²) in [5.41, 5.74) is 0.741. The molecule has 0 aliphatic heterocycles. The number of aromatic nitrogens is 4. The van der Waals surface area contributed by atoms with Crippen molar-refractivity contribution in [3.63, 3.8) is 0 Å². The molecular formula is C12H13N4O3+. The van der Waals surface area contributed by atoms with Crippen molar-refractivity contribution in [2.24, 2.45) is 0 Å². The molecule has 7 heteroatoms. The highest BCUT2D eigenvalue weighted by atomic mass is 16.5. The second-order valence-corrected chi connectivity index (χ2v) is 3.75. The fourth-order valence-corrected chi connectivity index (χ4v) is 1.45. The maximum atomic E-state index is 10.5. The summed E-state index contributed by atoms with van der Waals surface area (Å²) in [4.78, 5) is 18.8. The quantitative estimate of drug-likeness (QED) is 0.779. The molecule has 19 heavy (non-hydrogen) atoms. The first kappa shape index (κ1) is 12.9. The molecule has 7 nitrogen and oxygen atoms in total. The summed E-state index contributed by atoms with van der Waals surface area (Å²) in [6.07, 6.45) is 4.93. The van der Waals surface area contributed by atoms with E-state index in [0.717, 1.165) is 5.56 Å². The van der Waals surface area contributed by atoms with Crippen LogP contribution in [0.1, 0.15) is 6.42 Å². The summed E-state index contributed by atoms with van der Waals surface area (Å²) in [7, 11) is 1.54. The van der Waals surface area contributed by atoms with Crippen LogP contribution in [0.4, 0.5) is 0 Å². The third-order valence-corrected chi connectivity index (χ3v) is 2.42. The van der Waals surface area contributed by atoms with Gasteiger partial charge in [0.05, 0.1) is 7.11 Å². The van der Waals surface area contributed by atoms with Crippen LogP contribution in [0.25, 0.3) is 11.4 Å². The minimum Gasteiger partial charge on any atom is -0.481 e. The van der Waals surface area contributed by atoms with Crippen LogP contribution in [0.5, 0.6) is 5.88 Å². The van der Waals surface area contributed by atoms with Crippen LogP contribution in [0, 0.1) is 0 Å². The number of aryl methyl sites for hydroxylation is 1. The van der Waals surface area contributed by atoms with Crippen LogP contribution >= 0.6 is 0 Å². The molecule has 0 spiro atoms. The summed E-state index contributed by atoms with van der Waals surface area (Å²) < 4.78 is 6.58. The molecule has 0 atom stereocenters. The van der Waals surface area contributed by atoms with Crippen molar-refractivity contribution in [2.75, 3.05) is 7.11 Å². The number of aliphatic carboxylic acids is 1. The van der Waals surface area contributed by atoms with E-state index >= 15 is 0 Å². The van der Waals surface area contributed by atoms with Crippen LogP contribution in [0.3, 0.4) is 0 Å². The zero-order valence-electron chi connectivity index (χ0n) is 10.4. The molecule has 0 aliphatic carbocycles. The summed E-state index contributed by atoms with van der Waals surface area (Å²) in [5.74, 6) is 0.138. The number of carboxylic acid groups (broad SMARTS) is 1. The van der Waals surface area contributed by atoms with E-state index in [1.54, 1.807) is 35.4 Å². The van der Waals surface area contributed by atoms with Crippen molar-refractivity contribution in [2.45, 2.75) is 13.0 Å².